The Balaban J connectivity index is 2.36. The van der Waals surface area contributed by atoms with E-state index >= 15 is 0 Å². The van der Waals surface area contributed by atoms with E-state index in [0.29, 0.717) is 0 Å². The van der Waals surface area contributed by atoms with Crippen molar-refractivity contribution in [2.75, 3.05) is 6.61 Å². The highest BCUT2D eigenvalue weighted by Crippen LogP contribution is 2.05. The first-order valence-corrected chi connectivity index (χ1v) is 6.72. The minimum absolute atomic E-state index is 0.0873. The highest BCUT2D eigenvalue weighted by molar-refractivity contribution is 5.89. The Labute approximate surface area is 119 Å². The van der Waals surface area contributed by atoms with Gasteiger partial charge in [-0.2, -0.15) is 0 Å². The molecule has 0 heterocycles. The van der Waals surface area contributed by atoms with Crippen LogP contribution in [0.4, 0.5) is 0 Å². The molecule has 1 aromatic rings. The zero-order valence-corrected chi connectivity index (χ0v) is 12.2. The predicted octanol–water partition coefficient (Wildman–Crippen LogP) is 2.47. The van der Waals surface area contributed by atoms with E-state index in [-0.39, 0.29) is 18.6 Å². The van der Waals surface area contributed by atoms with Crippen LogP contribution in [-0.2, 0) is 14.3 Å². The van der Waals surface area contributed by atoms with Gasteiger partial charge in [0.1, 0.15) is 0 Å². The molecule has 1 aromatic carbocycles. The van der Waals surface area contributed by atoms with Gasteiger partial charge in [-0.15, -0.1) is 0 Å². The number of nitrogens with one attached hydrogen (secondary N) is 1. The van der Waals surface area contributed by atoms with Gasteiger partial charge in [-0.25, -0.2) is 4.79 Å². The lowest BCUT2D eigenvalue weighted by Crippen LogP contribution is -2.35. The first-order chi connectivity index (χ1) is 9.51. The summed E-state index contributed by atoms with van der Waals surface area (Å²) in [6.45, 7) is 5.62. The van der Waals surface area contributed by atoms with Crippen molar-refractivity contribution >= 4 is 18.0 Å². The lowest BCUT2D eigenvalue weighted by Gasteiger charge is -2.10. The molecule has 0 aliphatic rings. The van der Waals surface area contributed by atoms with Crippen molar-refractivity contribution in [1.82, 2.24) is 5.32 Å². The number of amides is 1. The van der Waals surface area contributed by atoms with Crippen LogP contribution in [-0.4, -0.2) is 24.5 Å². The average molecular weight is 275 g/mol. The van der Waals surface area contributed by atoms with Crippen LogP contribution in [0.15, 0.2) is 30.3 Å². The van der Waals surface area contributed by atoms with Gasteiger partial charge in [-0.1, -0.05) is 36.8 Å². The van der Waals surface area contributed by atoms with Crippen LogP contribution < -0.4 is 5.32 Å². The summed E-state index contributed by atoms with van der Waals surface area (Å²) in [7, 11) is 0. The van der Waals surface area contributed by atoms with Crippen LogP contribution in [0.5, 0.6) is 0 Å². The van der Waals surface area contributed by atoms with E-state index in [4.69, 9.17) is 4.74 Å². The molecule has 0 aliphatic heterocycles. The molecular weight excluding hydrogens is 254 g/mol. The SMILES string of the molecule is CCC(C)NC(=O)COC(=O)/C=C/c1ccc(C)cc1. The van der Waals surface area contributed by atoms with E-state index in [0.717, 1.165) is 17.5 Å². The molecule has 0 aliphatic carbocycles. The fraction of sp³-hybridized carbons (Fsp3) is 0.375. The van der Waals surface area contributed by atoms with Gasteiger partial charge in [0.25, 0.3) is 5.91 Å². The number of rotatable bonds is 6. The van der Waals surface area contributed by atoms with Crippen LogP contribution in [0.1, 0.15) is 31.4 Å². The Bertz CT molecular complexity index is 477. The topological polar surface area (TPSA) is 55.4 Å². The number of benzene rings is 1. The molecule has 0 aromatic heterocycles. The Kier molecular flexibility index (Phi) is 6.50. The summed E-state index contributed by atoms with van der Waals surface area (Å²) in [4.78, 5) is 22.9. The number of carbonyl (C=O) groups is 2. The van der Waals surface area contributed by atoms with Gasteiger partial charge >= 0.3 is 5.97 Å². The maximum Gasteiger partial charge on any atom is 0.331 e. The maximum atomic E-state index is 11.5. The second-order valence-electron chi connectivity index (χ2n) is 4.73. The van der Waals surface area contributed by atoms with Crippen LogP contribution in [0, 0.1) is 6.92 Å². The van der Waals surface area contributed by atoms with E-state index < -0.39 is 5.97 Å². The Morgan fingerprint density at radius 2 is 1.95 bits per heavy atom. The molecule has 1 amide bonds. The lowest BCUT2D eigenvalue weighted by molar-refractivity contribution is -0.144. The summed E-state index contributed by atoms with van der Waals surface area (Å²) in [5.74, 6) is -0.804. The molecule has 1 unspecified atom stereocenters. The lowest BCUT2D eigenvalue weighted by atomic mass is 10.1. The summed E-state index contributed by atoms with van der Waals surface area (Å²) in [6.07, 6.45) is 3.82. The Hall–Kier alpha value is -2.10. The van der Waals surface area contributed by atoms with Gasteiger partial charge in [0.2, 0.25) is 0 Å². The second kappa shape index (κ2) is 8.15. The first kappa shape index (κ1) is 16.0. The smallest absolute Gasteiger partial charge is 0.331 e. The van der Waals surface area contributed by atoms with Gasteiger partial charge in [0.05, 0.1) is 0 Å². The van der Waals surface area contributed by atoms with E-state index in [9.17, 15) is 9.59 Å². The van der Waals surface area contributed by atoms with E-state index in [1.54, 1.807) is 6.08 Å². The number of aryl methyl sites for hydroxylation is 1. The minimum atomic E-state index is -0.523. The maximum absolute atomic E-state index is 11.5. The second-order valence-corrected chi connectivity index (χ2v) is 4.73. The molecule has 0 saturated carbocycles. The van der Waals surface area contributed by atoms with Gasteiger partial charge < -0.3 is 10.1 Å². The normalized spacial score (nSPS) is 12.2. The molecule has 0 fully saturated rings. The van der Waals surface area contributed by atoms with Crippen LogP contribution in [0.2, 0.25) is 0 Å². The van der Waals surface area contributed by atoms with Crippen molar-refractivity contribution in [1.29, 1.82) is 0 Å². The molecule has 1 rings (SSSR count). The molecule has 4 heteroatoms. The van der Waals surface area contributed by atoms with Gasteiger partial charge in [0.15, 0.2) is 6.61 Å². The number of hydrogen-bond donors (Lipinski definition) is 1. The molecule has 108 valence electrons. The van der Waals surface area contributed by atoms with Gasteiger partial charge in [-0.05, 0) is 31.9 Å². The highest BCUT2D eigenvalue weighted by atomic mass is 16.5. The number of esters is 1. The fourth-order valence-corrected chi connectivity index (χ4v) is 1.45. The zero-order valence-electron chi connectivity index (χ0n) is 12.2. The summed E-state index contributed by atoms with van der Waals surface area (Å²) in [6, 6.07) is 7.84. The van der Waals surface area contributed by atoms with Crippen molar-refractivity contribution in [3.8, 4) is 0 Å². The predicted molar refractivity (Wildman–Crippen MR) is 79.1 cm³/mol. The molecule has 1 atom stereocenters. The Morgan fingerprint density at radius 1 is 1.30 bits per heavy atom. The van der Waals surface area contributed by atoms with Crippen LogP contribution in [0.25, 0.3) is 6.08 Å². The summed E-state index contributed by atoms with van der Waals surface area (Å²) >= 11 is 0. The molecule has 20 heavy (non-hydrogen) atoms. The van der Waals surface area contributed by atoms with Gasteiger partial charge in [0, 0.05) is 12.1 Å². The van der Waals surface area contributed by atoms with Gasteiger partial charge in [-0.3, -0.25) is 4.79 Å². The van der Waals surface area contributed by atoms with Crippen LogP contribution >= 0.6 is 0 Å². The number of hydrogen-bond acceptors (Lipinski definition) is 3. The summed E-state index contributed by atoms with van der Waals surface area (Å²) in [5, 5.41) is 2.72. The standard InChI is InChI=1S/C16H21NO3/c1-4-13(3)17-15(18)11-20-16(19)10-9-14-7-5-12(2)6-8-14/h5-10,13H,4,11H2,1-3H3,(H,17,18)/b10-9+. The number of ether oxygens (including phenoxy) is 1. The monoisotopic (exact) mass is 275 g/mol. The minimum Gasteiger partial charge on any atom is -0.452 e. The molecule has 0 spiro atoms. The molecule has 1 N–H and O–H groups in total. The first-order valence-electron chi connectivity index (χ1n) is 6.72. The third kappa shape index (κ3) is 6.18. The highest BCUT2D eigenvalue weighted by Gasteiger charge is 2.07. The molecule has 0 saturated heterocycles. The van der Waals surface area contributed by atoms with Crippen molar-refractivity contribution < 1.29 is 14.3 Å². The number of carbonyl (C=O) groups excluding carboxylic acids is 2. The summed E-state index contributed by atoms with van der Waals surface area (Å²) < 4.78 is 4.86. The van der Waals surface area contributed by atoms with E-state index in [2.05, 4.69) is 5.32 Å². The summed E-state index contributed by atoms with van der Waals surface area (Å²) in [5.41, 5.74) is 2.07. The van der Waals surface area contributed by atoms with Crippen molar-refractivity contribution in [3.05, 3.63) is 41.5 Å². The third-order valence-corrected chi connectivity index (χ3v) is 2.85. The molecular formula is C16H21NO3. The fourth-order valence-electron chi connectivity index (χ4n) is 1.45. The van der Waals surface area contributed by atoms with Crippen molar-refractivity contribution in [2.45, 2.75) is 33.2 Å². The molecule has 4 nitrogen and oxygen atoms in total. The molecule has 0 radical (unpaired) electrons. The van der Waals surface area contributed by atoms with E-state index in [1.807, 2.05) is 45.0 Å². The van der Waals surface area contributed by atoms with Crippen molar-refractivity contribution in [2.24, 2.45) is 0 Å². The van der Waals surface area contributed by atoms with Crippen LogP contribution in [0.3, 0.4) is 0 Å². The third-order valence-electron chi connectivity index (χ3n) is 2.85. The largest absolute Gasteiger partial charge is 0.452 e. The average Bonchev–Trinajstić information content (AvgIpc) is 2.44. The van der Waals surface area contributed by atoms with E-state index in [1.165, 1.54) is 6.08 Å². The zero-order chi connectivity index (χ0) is 15.0. The quantitative estimate of drug-likeness (QED) is 0.641. The Morgan fingerprint density at radius 3 is 2.55 bits per heavy atom. The van der Waals surface area contributed by atoms with Crippen molar-refractivity contribution in [3.63, 3.8) is 0 Å². The molecule has 0 bridgehead atoms.